The number of ether oxygens (including phenoxy) is 3. The average molecular weight is 460 g/mol. The summed E-state index contributed by atoms with van der Waals surface area (Å²) in [6.45, 7) is 0. The van der Waals surface area contributed by atoms with Crippen LogP contribution in [0.2, 0.25) is 5.02 Å². The Labute approximate surface area is 187 Å². The van der Waals surface area contributed by atoms with Gasteiger partial charge in [0.15, 0.2) is 11.5 Å². The minimum atomic E-state index is 0.332. The molecule has 4 rings (SSSR count). The fraction of sp³-hybridized carbons (Fsp3) is 0.190. The zero-order valence-electron chi connectivity index (χ0n) is 16.9. The zero-order chi connectivity index (χ0) is 21.8. The van der Waals surface area contributed by atoms with Gasteiger partial charge in [-0.15, -0.1) is 10.2 Å². The lowest BCUT2D eigenvalue weighted by atomic mass is 10.2. The van der Waals surface area contributed by atoms with E-state index in [1.807, 2.05) is 18.2 Å². The van der Waals surface area contributed by atoms with E-state index in [9.17, 15) is 0 Å². The Morgan fingerprint density at radius 3 is 2.39 bits per heavy atom. The molecule has 0 aliphatic carbocycles. The summed E-state index contributed by atoms with van der Waals surface area (Å²) in [5.41, 5.74) is 2.12. The van der Waals surface area contributed by atoms with Crippen LogP contribution in [0.1, 0.15) is 5.69 Å². The summed E-state index contributed by atoms with van der Waals surface area (Å²) in [5, 5.41) is 9.19. The molecular weight excluding hydrogens is 442 g/mol. The fourth-order valence-corrected chi connectivity index (χ4v) is 3.71. The Kier molecular flexibility index (Phi) is 6.34. The topological polar surface area (TPSA) is 92.6 Å². The number of thioether (sulfide) groups is 1. The molecule has 2 aromatic heterocycles. The van der Waals surface area contributed by atoms with Crippen LogP contribution in [0.25, 0.3) is 22.9 Å². The minimum Gasteiger partial charge on any atom is -0.493 e. The number of oxazole rings is 1. The summed E-state index contributed by atoms with van der Waals surface area (Å²) < 4.78 is 27.4. The second kappa shape index (κ2) is 9.32. The molecule has 0 saturated carbocycles. The number of methoxy groups -OCH3 is 3. The van der Waals surface area contributed by atoms with Crippen LogP contribution in [0, 0.1) is 0 Å². The molecule has 0 aliphatic heterocycles. The molecule has 0 saturated heterocycles. The second-order valence-corrected chi connectivity index (χ2v) is 7.53. The van der Waals surface area contributed by atoms with Crippen molar-refractivity contribution in [3.63, 3.8) is 0 Å². The number of rotatable bonds is 8. The molecule has 0 amide bonds. The largest absolute Gasteiger partial charge is 0.493 e. The fourth-order valence-electron chi connectivity index (χ4n) is 2.86. The Hall–Kier alpha value is -3.17. The Morgan fingerprint density at radius 2 is 1.71 bits per heavy atom. The third-order valence-corrected chi connectivity index (χ3v) is 5.50. The molecule has 0 fully saturated rings. The van der Waals surface area contributed by atoms with E-state index in [2.05, 4.69) is 15.2 Å². The predicted octanol–water partition coefficient (Wildman–Crippen LogP) is 5.36. The summed E-state index contributed by atoms with van der Waals surface area (Å²) in [7, 11) is 4.64. The van der Waals surface area contributed by atoms with Crippen LogP contribution in [-0.4, -0.2) is 36.5 Å². The first kappa shape index (κ1) is 21.1. The monoisotopic (exact) mass is 459 g/mol. The molecule has 0 N–H and O–H groups in total. The first-order valence-electron chi connectivity index (χ1n) is 9.09. The van der Waals surface area contributed by atoms with Crippen LogP contribution in [0.3, 0.4) is 0 Å². The molecule has 4 aromatic rings. The first-order chi connectivity index (χ1) is 15.1. The van der Waals surface area contributed by atoms with Crippen molar-refractivity contribution in [2.24, 2.45) is 0 Å². The minimum absolute atomic E-state index is 0.332. The molecular formula is C21H18ClN3O5S. The Morgan fingerprint density at radius 1 is 0.968 bits per heavy atom. The normalized spacial score (nSPS) is 10.8. The van der Waals surface area contributed by atoms with Crippen LogP contribution < -0.4 is 14.2 Å². The van der Waals surface area contributed by atoms with Crippen molar-refractivity contribution in [1.82, 2.24) is 15.2 Å². The van der Waals surface area contributed by atoms with Crippen molar-refractivity contribution in [2.45, 2.75) is 11.0 Å². The van der Waals surface area contributed by atoms with Gasteiger partial charge < -0.3 is 23.0 Å². The van der Waals surface area contributed by atoms with Gasteiger partial charge in [-0.05, 0) is 24.3 Å². The highest BCUT2D eigenvalue weighted by Crippen LogP contribution is 2.41. The van der Waals surface area contributed by atoms with Gasteiger partial charge in [0.2, 0.25) is 17.5 Å². The first-order valence-corrected chi connectivity index (χ1v) is 10.4. The van der Waals surface area contributed by atoms with Gasteiger partial charge in [0.25, 0.3) is 5.22 Å². The number of halogens is 1. The maximum Gasteiger partial charge on any atom is 0.277 e. The molecule has 0 atom stereocenters. The SMILES string of the molecule is COc1cc(-c2nnc(SCc3coc(-c4ccccc4Cl)n3)o2)cc(OC)c1OC. The number of nitrogens with zero attached hydrogens (tertiary/aromatic N) is 3. The van der Waals surface area contributed by atoms with Crippen molar-refractivity contribution >= 4 is 23.4 Å². The van der Waals surface area contributed by atoms with Crippen LogP contribution in [0.15, 0.2) is 56.7 Å². The van der Waals surface area contributed by atoms with Gasteiger partial charge in [-0.3, -0.25) is 0 Å². The molecule has 10 heteroatoms. The third kappa shape index (κ3) is 4.47. The van der Waals surface area contributed by atoms with E-state index < -0.39 is 0 Å². The van der Waals surface area contributed by atoms with Crippen molar-refractivity contribution in [2.75, 3.05) is 21.3 Å². The molecule has 31 heavy (non-hydrogen) atoms. The smallest absolute Gasteiger partial charge is 0.277 e. The van der Waals surface area contributed by atoms with Crippen molar-refractivity contribution < 1.29 is 23.0 Å². The molecule has 8 nitrogen and oxygen atoms in total. The van der Waals surface area contributed by atoms with E-state index in [0.29, 0.717) is 50.6 Å². The Bertz CT molecular complexity index is 1170. The lowest BCUT2D eigenvalue weighted by Crippen LogP contribution is -1.95. The van der Waals surface area contributed by atoms with Gasteiger partial charge in [0, 0.05) is 11.3 Å². The lowest BCUT2D eigenvalue weighted by Gasteiger charge is -2.12. The second-order valence-electron chi connectivity index (χ2n) is 6.20. The van der Waals surface area contributed by atoms with E-state index in [1.165, 1.54) is 11.8 Å². The van der Waals surface area contributed by atoms with Gasteiger partial charge in [0.1, 0.15) is 6.26 Å². The predicted molar refractivity (Wildman–Crippen MR) is 116 cm³/mol. The van der Waals surface area contributed by atoms with Crippen LogP contribution in [0.4, 0.5) is 0 Å². The van der Waals surface area contributed by atoms with Crippen LogP contribution >= 0.6 is 23.4 Å². The molecule has 0 aliphatic rings. The maximum atomic E-state index is 6.20. The average Bonchev–Trinajstić information content (AvgIpc) is 3.46. The summed E-state index contributed by atoms with van der Waals surface area (Å²) in [6, 6.07) is 10.9. The quantitative estimate of drug-likeness (QED) is 0.322. The number of hydrogen-bond acceptors (Lipinski definition) is 9. The standard InChI is InChI=1S/C21H18ClN3O5S/c1-26-16-8-12(9-17(27-2)18(16)28-3)19-24-25-21(30-19)31-11-13-10-29-20(23-13)14-6-4-5-7-15(14)22/h4-10H,11H2,1-3H3. The summed E-state index contributed by atoms with van der Waals surface area (Å²) in [4.78, 5) is 4.48. The number of benzene rings is 2. The molecule has 0 bridgehead atoms. The van der Waals surface area contributed by atoms with Gasteiger partial charge in [0.05, 0.1) is 37.6 Å². The highest BCUT2D eigenvalue weighted by Gasteiger charge is 2.18. The van der Waals surface area contributed by atoms with E-state index in [-0.39, 0.29) is 0 Å². The lowest BCUT2D eigenvalue weighted by molar-refractivity contribution is 0.324. The molecule has 0 spiro atoms. The van der Waals surface area contributed by atoms with E-state index in [4.69, 9.17) is 34.6 Å². The summed E-state index contributed by atoms with van der Waals surface area (Å²) in [5.74, 6) is 2.77. The van der Waals surface area contributed by atoms with Gasteiger partial charge in [-0.25, -0.2) is 4.98 Å². The van der Waals surface area contributed by atoms with Crippen molar-refractivity contribution in [1.29, 1.82) is 0 Å². The highest BCUT2D eigenvalue weighted by molar-refractivity contribution is 7.98. The van der Waals surface area contributed by atoms with Gasteiger partial charge in [-0.2, -0.15) is 0 Å². The van der Waals surface area contributed by atoms with Crippen LogP contribution in [0.5, 0.6) is 17.2 Å². The van der Waals surface area contributed by atoms with Crippen molar-refractivity contribution in [3.8, 4) is 40.2 Å². The van der Waals surface area contributed by atoms with Crippen LogP contribution in [-0.2, 0) is 5.75 Å². The molecule has 160 valence electrons. The van der Waals surface area contributed by atoms with Gasteiger partial charge in [-0.1, -0.05) is 35.5 Å². The third-order valence-electron chi connectivity index (χ3n) is 4.32. The number of hydrogen-bond donors (Lipinski definition) is 0. The van der Waals surface area contributed by atoms with E-state index in [1.54, 1.807) is 45.8 Å². The number of aromatic nitrogens is 3. The van der Waals surface area contributed by atoms with E-state index in [0.717, 1.165) is 11.3 Å². The zero-order valence-corrected chi connectivity index (χ0v) is 18.5. The molecule has 2 aromatic carbocycles. The molecule has 0 radical (unpaired) electrons. The summed E-state index contributed by atoms with van der Waals surface area (Å²) >= 11 is 7.55. The molecule has 2 heterocycles. The summed E-state index contributed by atoms with van der Waals surface area (Å²) in [6.07, 6.45) is 1.59. The maximum absolute atomic E-state index is 6.20. The van der Waals surface area contributed by atoms with E-state index >= 15 is 0 Å². The Balaban J connectivity index is 1.49. The highest BCUT2D eigenvalue weighted by atomic mass is 35.5. The van der Waals surface area contributed by atoms with Crippen molar-refractivity contribution in [3.05, 3.63) is 53.4 Å². The molecule has 0 unspecified atom stereocenters. The van der Waals surface area contributed by atoms with Gasteiger partial charge >= 0.3 is 0 Å².